The second-order valence-corrected chi connectivity index (χ2v) is 7.11. The third kappa shape index (κ3) is 5.23. The van der Waals surface area contributed by atoms with Gasteiger partial charge in [-0.3, -0.25) is 4.79 Å². The number of ether oxygens (including phenoxy) is 1. The monoisotopic (exact) mass is 338 g/mol. The maximum absolute atomic E-state index is 12.5. The van der Waals surface area contributed by atoms with E-state index in [1.165, 1.54) is 9.75 Å². The number of likely N-dealkylation sites (tertiary alicyclic amines) is 1. The van der Waals surface area contributed by atoms with Crippen LogP contribution in [0.1, 0.15) is 54.8 Å². The molecule has 23 heavy (non-hydrogen) atoms. The molecule has 0 saturated carbocycles. The summed E-state index contributed by atoms with van der Waals surface area (Å²) in [4.78, 5) is 28.4. The molecule has 1 aliphatic heterocycles. The van der Waals surface area contributed by atoms with Gasteiger partial charge in [0.05, 0.1) is 19.1 Å². The number of nitrogens with zero attached hydrogens (tertiary/aromatic N) is 1. The van der Waals surface area contributed by atoms with Crippen LogP contribution >= 0.6 is 11.3 Å². The molecule has 2 rings (SSSR count). The summed E-state index contributed by atoms with van der Waals surface area (Å²) >= 11 is 1.76. The standard InChI is InChI=1S/C17H26N2O3S/c1-3-22-16(20)10-11-18-17(21)19-12-6-4-5-7-14(19)15-9-8-13(2)23-15/h8-9,14H,3-7,10-12H2,1-2H3,(H,18,21)/t14-/m0/s1. The van der Waals surface area contributed by atoms with E-state index < -0.39 is 0 Å². The second-order valence-electron chi connectivity index (χ2n) is 5.79. The van der Waals surface area contributed by atoms with Gasteiger partial charge in [0.25, 0.3) is 0 Å². The molecule has 6 heteroatoms. The zero-order chi connectivity index (χ0) is 16.7. The zero-order valence-corrected chi connectivity index (χ0v) is 14.8. The Morgan fingerprint density at radius 2 is 2.17 bits per heavy atom. The summed E-state index contributed by atoms with van der Waals surface area (Å²) in [6.45, 7) is 5.34. The molecule has 5 nitrogen and oxygen atoms in total. The Labute approximate surface area is 142 Å². The minimum Gasteiger partial charge on any atom is -0.466 e. The van der Waals surface area contributed by atoms with Gasteiger partial charge in [-0.2, -0.15) is 0 Å². The molecule has 1 aliphatic rings. The molecule has 0 unspecified atom stereocenters. The van der Waals surface area contributed by atoms with E-state index in [1.807, 2.05) is 4.90 Å². The molecule has 0 spiro atoms. The van der Waals surface area contributed by atoms with Crippen molar-refractivity contribution < 1.29 is 14.3 Å². The molecule has 1 aromatic heterocycles. The van der Waals surface area contributed by atoms with E-state index in [0.717, 1.165) is 32.2 Å². The van der Waals surface area contributed by atoms with Crippen molar-refractivity contribution in [2.45, 2.75) is 52.0 Å². The van der Waals surface area contributed by atoms with Gasteiger partial charge < -0.3 is 15.0 Å². The van der Waals surface area contributed by atoms with Crippen molar-refractivity contribution in [2.75, 3.05) is 19.7 Å². The summed E-state index contributed by atoms with van der Waals surface area (Å²) < 4.78 is 4.88. The van der Waals surface area contributed by atoms with Gasteiger partial charge in [-0.1, -0.05) is 12.8 Å². The van der Waals surface area contributed by atoms with Crippen LogP contribution < -0.4 is 5.32 Å². The van der Waals surface area contributed by atoms with Crippen LogP contribution in [0.25, 0.3) is 0 Å². The number of urea groups is 1. The highest BCUT2D eigenvalue weighted by atomic mass is 32.1. The van der Waals surface area contributed by atoms with Gasteiger partial charge in [-0.15, -0.1) is 11.3 Å². The highest BCUT2D eigenvalue weighted by molar-refractivity contribution is 7.12. The minimum atomic E-state index is -0.269. The normalized spacial score (nSPS) is 18.3. The van der Waals surface area contributed by atoms with Gasteiger partial charge in [0, 0.05) is 22.8 Å². The predicted molar refractivity (Wildman–Crippen MR) is 91.6 cm³/mol. The van der Waals surface area contributed by atoms with Crippen molar-refractivity contribution in [3.8, 4) is 0 Å². The topological polar surface area (TPSA) is 58.6 Å². The molecule has 1 atom stereocenters. The summed E-state index contributed by atoms with van der Waals surface area (Å²) in [6.07, 6.45) is 4.56. The van der Waals surface area contributed by atoms with E-state index >= 15 is 0 Å². The molecule has 128 valence electrons. The lowest BCUT2D eigenvalue weighted by Crippen LogP contribution is -2.42. The van der Waals surface area contributed by atoms with Gasteiger partial charge in [-0.05, 0) is 38.8 Å². The molecule has 1 aromatic rings. The number of rotatable bonds is 5. The number of nitrogens with one attached hydrogen (secondary N) is 1. The molecule has 0 aromatic carbocycles. The van der Waals surface area contributed by atoms with Gasteiger partial charge in [0.2, 0.25) is 0 Å². The number of carbonyl (C=O) groups is 2. The Morgan fingerprint density at radius 1 is 1.35 bits per heavy atom. The number of amides is 2. The van der Waals surface area contributed by atoms with E-state index in [9.17, 15) is 9.59 Å². The van der Waals surface area contributed by atoms with Gasteiger partial charge >= 0.3 is 12.0 Å². The smallest absolute Gasteiger partial charge is 0.317 e. The number of aryl methyl sites for hydroxylation is 1. The fourth-order valence-electron chi connectivity index (χ4n) is 2.89. The molecule has 1 N–H and O–H groups in total. The molecule has 0 radical (unpaired) electrons. The first-order valence-electron chi connectivity index (χ1n) is 8.38. The number of thiophene rings is 1. The number of esters is 1. The number of hydrogen-bond donors (Lipinski definition) is 1. The van der Waals surface area contributed by atoms with E-state index in [2.05, 4.69) is 24.4 Å². The predicted octanol–water partition coefficient (Wildman–Crippen LogP) is 3.64. The van der Waals surface area contributed by atoms with Crippen molar-refractivity contribution in [1.82, 2.24) is 10.2 Å². The SMILES string of the molecule is CCOC(=O)CCNC(=O)N1CCCCC[C@H]1c1ccc(C)s1. The first kappa shape index (κ1) is 17.8. The Hall–Kier alpha value is -1.56. The molecule has 0 bridgehead atoms. The Balaban J connectivity index is 1.95. The molecular weight excluding hydrogens is 312 g/mol. The maximum atomic E-state index is 12.5. The van der Waals surface area contributed by atoms with Crippen molar-refractivity contribution in [3.05, 3.63) is 21.9 Å². The Morgan fingerprint density at radius 3 is 2.87 bits per heavy atom. The van der Waals surface area contributed by atoms with Crippen LogP contribution in [0.2, 0.25) is 0 Å². The average molecular weight is 338 g/mol. The van der Waals surface area contributed by atoms with Crippen LogP contribution in [0.5, 0.6) is 0 Å². The second kappa shape index (κ2) is 8.91. The highest BCUT2D eigenvalue weighted by Gasteiger charge is 2.27. The number of carbonyl (C=O) groups excluding carboxylic acids is 2. The largest absolute Gasteiger partial charge is 0.466 e. The summed E-state index contributed by atoms with van der Waals surface area (Å²) in [5.41, 5.74) is 0. The van der Waals surface area contributed by atoms with Crippen molar-refractivity contribution in [1.29, 1.82) is 0 Å². The lowest BCUT2D eigenvalue weighted by molar-refractivity contribution is -0.142. The fourth-order valence-corrected chi connectivity index (χ4v) is 3.91. The van der Waals surface area contributed by atoms with Crippen LogP contribution in [-0.4, -0.2) is 36.6 Å². The molecule has 1 saturated heterocycles. The first-order chi connectivity index (χ1) is 11.1. The lowest BCUT2D eigenvalue weighted by Gasteiger charge is -2.29. The average Bonchev–Trinajstić information content (AvgIpc) is 2.81. The minimum absolute atomic E-state index is 0.0766. The Bertz CT molecular complexity index is 530. The van der Waals surface area contributed by atoms with Crippen LogP contribution in [0.15, 0.2) is 12.1 Å². The molecule has 2 amide bonds. The molecule has 2 heterocycles. The van der Waals surface area contributed by atoms with Crippen LogP contribution in [0.4, 0.5) is 4.79 Å². The molecular formula is C17H26N2O3S. The quantitative estimate of drug-likeness (QED) is 0.834. The highest BCUT2D eigenvalue weighted by Crippen LogP contribution is 2.34. The summed E-state index contributed by atoms with van der Waals surface area (Å²) in [5.74, 6) is -0.269. The van der Waals surface area contributed by atoms with Gasteiger partial charge in [0.15, 0.2) is 0 Å². The van der Waals surface area contributed by atoms with Gasteiger partial charge in [0.1, 0.15) is 0 Å². The van der Waals surface area contributed by atoms with Crippen molar-refractivity contribution in [2.24, 2.45) is 0 Å². The maximum Gasteiger partial charge on any atom is 0.317 e. The lowest BCUT2D eigenvalue weighted by atomic mass is 10.1. The van der Waals surface area contributed by atoms with Crippen molar-refractivity contribution in [3.63, 3.8) is 0 Å². The van der Waals surface area contributed by atoms with Crippen LogP contribution in [-0.2, 0) is 9.53 Å². The van der Waals surface area contributed by atoms with E-state index in [0.29, 0.717) is 13.2 Å². The summed E-state index contributed by atoms with van der Waals surface area (Å²) in [5, 5.41) is 2.87. The van der Waals surface area contributed by atoms with Crippen LogP contribution in [0, 0.1) is 6.92 Å². The third-order valence-corrected chi connectivity index (χ3v) is 5.12. The van der Waals surface area contributed by atoms with E-state index in [-0.39, 0.29) is 24.5 Å². The summed E-state index contributed by atoms with van der Waals surface area (Å²) in [6, 6.07) is 4.32. The number of hydrogen-bond acceptors (Lipinski definition) is 4. The molecule has 1 fully saturated rings. The molecule has 0 aliphatic carbocycles. The fraction of sp³-hybridized carbons (Fsp3) is 0.647. The van der Waals surface area contributed by atoms with Crippen LogP contribution in [0.3, 0.4) is 0 Å². The summed E-state index contributed by atoms with van der Waals surface area (Å²) in [7, 11) is 0. The Kier molecular flexibility index (Phi) is 6.89. The third-order valence-electron chi connectivity index (χ3n) is 4.01. The van der Waals surface area contributed by atoms with Crippen molar-refractivity contribution >= 4 is 23.3 Å². The first-order valence-corrected chi connectivity index (χ1v) is 9.20. The van der Waals surface area contributed by atoms with Gasteiger partial charge in [-0.25, -0.2) is 4.79 Å². The van der Waals surface area contributed by atoms with E-state index in [1.54, 1.807) is 18.3 Å². The van der Waals surface area contributed by atoms with E-state index in [4.69, 9.17) is 4.74 Å². The zero-order valence-electron chi connectivity index (χ0n) is 14.0.